The van der Waals surface area contributed by atoms with Crippen molar-refractivity contribution in [3.63, 3.8) is 0 Å². The molecule has 2 aromatic rings. The van der Waals surface area contributed by atoms with Gasteiger partial charge in [0.25, 0.3) is 5.91 Å². The first-order valence-electron chi connectivity index (χ1n) is 9.18. The number of hydrogen-bond donors (Lipinski definition) is 2. The lowest BCUT2D eigenvalue weighted by Gasteiger charge is -2.22. The van der Waals surface area contributed by atoms with E-state index in [0.29, 0.717) is 42.1 Å². The summed E-state index contributed by atoms with van der Waals surface area (Å²) in [5.74, 6) is 1.03. The van der Waals surface area contributed by atoms with Crippen molar-refractivity contribution < 1.29 is 14.3 Å². The van der Waals surface area contributed by atoms with Gasteiger partial charge in [-0.15, -0.1) is 12.4 Å². The monoisotopic (exact) mass is 394 g/mol. The van der Waals surface area contributed by atoms with Gasteiger partial charge < -0.3 is 20.1 Å². The van der Waals surface area contributed by atoms with Crippen molar-refractivity contribution in [3.8, 4) is 11.5 Å². The number of benzene rings is 1. The van der Waals surface area contributed by atoms with E-state index in [1.165, 1.54) is 0 Å². The molecule has 1 saturated heterocycles. The number of amides is 1. The average molecular weight is 395 g/mol. The second kappa shape index (κ2) is 10.2. The van der Waals surface area contributed by atoms with Gasteiger partial charge in [0.1, 0.15) is 11.5 Å². The Hall–Kier alpha value is -2.25. The molecule has 2 heterocycles. The normalized spacial score (nSPS) is 16.3. The Labute approximate surface area is 165 Å². The average Bonchev–Trinajstić information content (AvgIpc) is 3.15. The van der Waals surface area contributed by atoms with Crippen molar-refractivity contribution in [2.45, 2.75) is 32.7 Å². The second-order valence-corrected chi connectivity index (χ2v) is 6.16. The standard InChI is InChI=1S/C19H26N4O3.ClH/c1-3-25-15-7-8-18(26-4-2)17(12-15)21-19(24)16-9-11-23(22-16)14-6-5-10-20-13-14;/h7-9,11-12,14,20H,3-6,10,13H2,1-2H3,(H,21,24);1H. The van der Waals surface area contributed by atoms with E-state index in [1.807, 2.05) is 30.8 Å². The maximum Gasteiger partial charge on any atom is 0.276 e. The lowest BCUT2D eigenvalue weighted by molar-refractivity contribution is 0.102. The predicted molar refractivity (Wildman–Crippen MR) is 107 cm³/mol. The van der Waals surface area contributed by atoms with Gasteiger partial charge in [-0.05, 0) is 51.4 Å². The van der Waals surface area contributed by atoms with Gasteiger partial charge >= 0.3 is 0 Å². The first kappa shape index (κ1) is 21.1. The molecule has 0 saturated carbocycles. The van der Waals surface area contributed by atoms with E-state index in [-0.39, 0.29) is 18.3 Å². The van der Waals surface area contributed by atoms with Crippen LogP contribution in [0.2, 0.25) is 0 Å². The SMILES string of the molecule is CCOc1ccc(OCC)c(NC(=O)c2ccn(C3CCCNC3)n2)c1.Cl. The summed E-state index contributed by atoms with van der Waals surface area (Å²) >= 11 is 0. The molecule has 1 aliphatic rings. The van der Waals surface area contributed by atoms with E-state index in [9.17, 15) is 4.79 Å². The van der Waals surface area contributed by atoms with Crippen molar-refractivity contribution in [2.75, 3.05) is 31.6 Å². The Morgan fingerprint density at radius 3 is 2.81 bits per heavy atom. The molecule has 0 aliphatic carbocycles. The van der Waals surface area contributed by atoms with Crippen LogP contribution >= 0.6 is 12.4 Å². The maximum absolute atomic E-state index is 12.6. The van der Waals surface area contributed by atoms with Crippen LogP contribution in [0.4, 0.5) is 5.69 Å². The quantitative estimate of drug-likeness (QED) is 0.753. The number of nitrogens with one attached hydrogen (secondary N) is 2. The third-order valence-corrected chi connectivity index (χ3v) is 4.30. The molecule has 1 aromatic carbocycles. The van der Waals surface area contributed by atoms with Crippen LogP contribution in [0.15, 0.2) is 30.5 Å². The van der Waals surface area contributed by atoms with Gasteiger partial charge in [0.15, 0.2) is 5.69 Å². The molecule has 1 unspecified atom stereocenters. The molecule has 1 fully saturated rings. The molecule has 27 heavy (non-hydrogen) atoms. The number of hydrogen-bond acceptors (Lipinski definition) is 5. The summed E-state index contributed by atoms with van der Waals surface area (Å²) in [6.45, 7) is 6.82. The van der Waals surface area contributed by atoms with E-state index in [4.69, 9.17) is 9.47 Å². The van der Waals surface area contributed by atoms with Crippen LogP contribution in [-0.2, 0) is 0 Å². The summed E-state index contributed by atoms with van der Waals surface area (Å²) in [4.78, 5) is 12.6. The zero-order valence-corrected chi connectivity index (χ0v) is 16.6. The van der Waals surface area contributed by atoms with Gasteiger partial charge in [-0.1, -0.05) is 0 Å². The molecule has 1 amide bonds. The van der Waals surface area contributed by atoms with Crippen LogP contribution in [0.25, 0.3) is 0 Å². The van der Waals surface area contributed by atoms with Crippen LogP contribution in [0.1, 0.15) is 43.2 Å². The highest BCUT2D eigenvalue weighted by atomic mass is 35.5. The highest BCUT2D eigenvalue weighted by Crippen LogP contribution is 2.30. The Balaban J connectivity index is 0.00000261. The number of anilines is 1. The largest absolute Gasteiger partial charge is 0.494 e. The highest BCUT2D eigenvalue weighted by Gasteiger charge is 2.18. The van der Waals surface area contributed by atoms with Crippen LogP contribution in [-0.4, -0.2) is 42.0 Å². The summed E-state index contributed by atoms with van der Waals surface area (Å²) < 4.78 is 13.0. The minimum atomic E-state index is -0.262. The number of halogens is 1. The topological polar surface area (TPSA) is 77.4 Å². The molecule has 8 heteroatoms. The summed E-state index contributed by atoms with van der Waals surface area (Å²) in [5, 5.41) is 10.7. The smallest absolute Gasteiger partial charge is 0.276 e. The number of ether oxygens (including phenoxy) is 2. The van der Waals surface area contributed by atoms with Crippen molar-refractivity contribution in [1.82, 2.24) is 15.1 Å². The fourth-order valence-corrected chi connectivity index (χ4v) is 3.05. The molecule has 148 valence electrons. The molecule has 3 rings (SSSR count). The van der Waals surface area contributed by atoms with Crippen molar-refractivity contribution in [1.29, 1.82) is 0 Å². The van der Waals surface area contributed by atoms with Crippen molar-refractivity contribution in [2.24, 2.45) is 0 Å². The summed E-state index contributed by atoms with van der Waals surface area (Å²) in [5.41, 5.74) is 0.969. The molecule has 7 nitrogen and oxygen atoms in total. The fraction of sp³-hybridized carbons (Fsp3) is 0.474. The zero-order chi connectivity index (χ0) is 18.4. The lowest BCUT2D eigenvalue weighted by Crippen LogP contribution is -2.32. The number of carbonyl (C=O) groups excluding carboxylic acids is 1. The minimum Gasteiger partial charge on any atom is -0.494 e. The first-order chi connectivity index (χ1) is 12.7. The van der Waals surface area contributed by atoms with E-state index in [0.717, 1.165) is 25.9 Å². The van der Waals surface area contributed by atoms with E-state index < -0.39 is 0 Å². The summed E-state index contributed by atoms with van der Waals surface area (Å²) in [7, 11) is 0. The molecule has 0 spiro atoms. The molecule has 0 bridgehead atoms. The van der Waals surface area contributed by atoms with Gasteiger partial charge in [0, 0.05) is 18.8 Å². The molecule has 1 aliphatic heterocycles. The first-order valence-corrected chi connectivity index (χ1v) is 9.18. The van der Waals surface area contributed by atoms with Gasteiger partial charge in [-0.2, -0.15) is 5.10 Å². The van der Waals surface area contributed by atoms with E-state index >= 15 is 0 Å². The minimum absolute atomic E-state index is 0. The second-order valence-electron chi connectivity index (χ2n) is 6.16. The Bertz CT molecular complexity index is 744. The van der Waals surface area contributed by atoms with Gasteiger partial charge in [-0.3, -0.25) is 9.48 Å². The van der Waals surface area contributed by atoms with Gasteiger partial charge in [-0.25, -0.2) is 0 Å². The molecular formula is C19H27ClN4O3. The van der Waals surface area contributed by atoms with Crippen LogP contribution in [0, 0.1) is 0 Å². The molecule has 1 aromatic heterocycles. The van der Waals surface area contributed by atoms with Crippen molar-refractivity contribution in [3.05, 3.63) is 36.2 Å². The maximum atomic E-state index is 12.6. The Morgan fingerprint density at radius 1 is 1.30 bits per heavy atom. The van der Waals surface area contributed by atoms with Crippen LogP contribution in [0.5, 0.6) is 11.5 Å². The number of carbonyl (C=O) groups is 1. The molecular weight excluding hydrogens is 368 g/mol. The van der Waals surface area contributed by atoms with E-state index in [2.05, 4.69) is 15.7 Å². The third-order valence-electron chi connectivity index (χ3n) is 4.30. The fourth-order valence-electron chi connectivity index (χ4n) is 3.05. The molecule has 0 radical (unpaired) electrons. The highest BCUT2D eigenvalue weighted by molar-refractivity contribution is 6.03. The summed E-state index contributed by atoms with van der Waals surface area (Å²) in [6, 6.07) is 7.45. The Morgan fingerprint density at radius 2 is 2.11 bits per heavy atom. The summed E-state index contributed by atoms with van der Waals surface area (Å²) in [6.07, 6.45) is 4.06. The van der Waals surface area contributed by atoms with Gasteiger partial charge in [0.2, 0.25) is 0 Å². The number of rotatable bonds is 7. The predicted octanol–water partition coefficient (Wildman–Crippen LogP) is 3.28. The van der Waals surface area contributed by atoms with Crippen LogP contribution < -0.4 is 20.1 Å². The third kappa shape index (κ3) is 5.37. The van der Waals surface area contributed by atoms with Crippen molar-refractivity contribution >= 4 is 24.0 Å². The number of nitrogens with zero attached hydrogens (tertiary/aromatic N) is 2. The number of piperidine rings is 1. The van der Waals surface area contributed by atoms with Gasteiger partial charge in [0.05, 0.1) is 24.9 Å². The Kier molecular flexibility index (Phi) is 7.94. The lowest BCUT2D eigenvalue weighted by atomic mass is 10.1. The zero-order valence-electron chi connectivity index (χ0n) is 15.7. The molecule has 2 N–H and O–H groups in total. The van der Waals surface area contributed by atoms with E-state index in [1.54, 1.807) is 18.2 Å². The number of aromatic nitrogens is 2. The molecule has 1 atom stereocenters. The van der Waals surface area contributed by atoms with Crippen LogP contribution in [0.3, 0.4) is 0 Å².